The Bertz CT molecular complexity index is 759. The third kappa shape index (κ3) is 3.50. The van der Waals surface area contributed by atoms with Crippen molar-refractivity contribution in [2.24, 2.45) is 23.2 Å². The van der Waals surface area contributed by atoms with Crippen molar-refractivity contribution in [3.05, 3.63) is 23.2 Å². The van der Waals surface area contributed by atoms with Crippen LogP contribution in [0.4, 0.5) is 5.13 Å². The van der Waals surface area contributed by atoms with E-state index < -0.39 is 6.10 Å². The number of nitrogens with zero attached hydrogens (tertiary/aromatic N) is 1. The van der Waals surface area contributed by atoms with Crippen LogP contribution < -0.4 is 10.6 Å². The van der Waals surface area contributed by atoms with Crippen LogP contribution in [0.5, 0.6) is 0 Å². The number of anilines is 1. The number of hydrogen-bond donors (Lipinski definition) is 3. The van der Waals surface area contributed by atoms with Gasteiger partial charge in [-0.15, -0.1) is 17.9 Å². The van der Waals surface area contributed by atoms with E-state index in [0.717, 1.165) is 42.9 Å². The molecule has 3 N–H and O–H groups in total. The molecule has 0 radical (unpaired) electrons. The zero-order chi connectivity index (χ0) is 20.1. The zero-order valence-electron chi connectivity index (χ0n) is 17.2. The van der Waals surface area contributed by atoms with Crippen molar-refractivity contribution >= 4 is 22.4 Å². The molecule has 0 aromatic carbocycles. The van der Waals surface area contributed by atoms with E-state index in [4.69, 9.17) is 4.98 Å². The van der Waals surface area contributed by atoms with E-state index in [-0.39, 0.29) is 35.0 Å². The van der Waals surface area contributed by atoms with Gasteiger partial charge < -0.3 is 15.7 Å². The number of amides is 1. The van der Waals surface area contributed by atoms with Gasteiger partial charge in [0.15, 0.2) is 5.13 Å². The highest BCUT2D eigenvalue weighted by molar-refractivity contribution is 7.15. The maximum Gasteiger partial charge on any atom is 0.223 e. The summed E-state index contributed by atoms with van der Waals surface area (Å²) in [6.45, 7) is 11.0. The number of carbonyl (C=O) groups is 1. The van der Waals surface area contributed by atoms with Crippen molar-refractivity contribution in [2.45, 2.75) is 70.9 Å². The summed E-state index contributed by atoms with van der Waals surface area (Å²) in [5, 5.41) is 18.8. The largest absolute Gasteiger partial charge is 0.392 e. The number of thiazole rings is 1. The number of rotatable bonds is 6. The molecule has 1 aromatic rings. The fourth-order valence-corrected chi connectivity index (χ4v) is 6.81. The summed E-state index contributed by atoms with van der Waals surface area (Å²) < 4.78 is 0. The summed E-state index contributed by atoms with van der Waals surface area (Å²) in [6, 6.07) is 0.369. The van der Waals surface area contributed by atoms with Crippen molar-refractivity contribution < 1.29 is 9.90 Å². The van der Waals surface area contributed by atoms with Crippen LogP contribution in [0.2, 0.25) is 0 Å². The van der Waals surface area contributed by atoms with Gasteiger partial charge in [-0.2, -0.15) is 0 Å². The van der Waals surface area contributed by atoms with Crippen LogP contribution in [0.15, 0.2) is 12.7 Å². The van der Waals surface area contributed by atoms with Crippen molar-refractivity contribution in [1.82, 2.24) is 10.3 Å². The fourth-order valence-electron chi connectivity index (χ4n) is 5.54. The van der Waals surface area contributed by atoms with Crippen LogP contribution in [0.3, 0.4) is 0 Å². The highest BCUT2D eigenvalue weighted by Gasteiger charge is 2.54. The van der Waals surface area contributed by atoms with Gasteiger partial charge in [0.1, 0.15) is 0 Å². The van der Waals surface area contributed by atoms with Crippen LogP contribution in [0.1, 0.15) is 62.9 Å². The average Bonchev–Trinajstić information content (AvgIpc) is 3.36. The Morgan fingerprint density at radius 2 is 2.21 bits per heavy atom. The number of carbonyl (C=O) groups excluding carboxylic acids is 1. The molecule has 1 aromatic heterocycles. The molecule has 1 amide bonds. The predicted molar refractivity (Wildman–Crippen MR) is 114 cm³/mol. The van der Waals surface area contributed by atoms with Crippen LogP contribution in [-0.4, -0.2) is 34.7 Å². The molecule has 0 saturated heterocycles. The Labute approximate surface area is 172 Å². The Hall–Kier alpha value is -1.40. The summed E-state index contributed by atoms with van der Waals surface area (Å²) in [7, 11) is 0. The van der Waals surface area contributed by atoms with Gasteiger partial charge in [-0.3, -0.25) is 4.79 Å². The first-order chi connectivity index (χ1) is 13.3. The van der Waals surface area contributed by atoms with Gasteiger partial charge in [0.05, 0.1) is 11.8 Å². The number of fused-ring (bicyclic) bond motifs is 2. The third-order valence-electron chi connectivity index (χ3n) is 7.30. The van der Waals surface area contributed by atoms with Gasteiger partial charge in [-0.25, -0.2) is 4.98 Å². The van der Waals surface area contributed by atoms with E-state index in [1.54, 1.807) is 11.3 Å². The van der Waals surface area contributed by atoms with Crippen LogP contribution >= 0.6 is 11.3 Å². The second kappa shape index (κ2) is 7.45. The number of aliphatic hydroxyl groups excluding tert-OH is 1. The molecule has 0 spiro atoms. The maximum atomic E-state index is 12.6. The number of aromatic nitrogens is 1. The smallest absolute Gasteiger partial charge is 0.223 e. The summed E-state index contributed by atoms with van der Waals surface area (Å²) in [4.78, 5) is 18.8. The molecule has 0 unspecified atom stereocenters. The lowest BCUT2D eigenvalue weighted by Crippen LogP contribution is -2.53. The molecular weight excluding hydrogens is 370 g/mol. The van der Waals surface area contributed by atoms with E-state index in [9.17, 15) is 9.90 Å². The fraction of sp³-hybridized carbons (Fsp3) is 0.727. The Balaban J connectivity index is 1.55. The zero-order valence-corrected chi connectivity index (χ0v) is 18.0. The minimum absolute atomic E-state index is 0.0258. The van der Waals surface area contributed by atoms with E-state index in [0.29, 0.717) is 12.6 Å². The van der Waals surface area contributed by atoms with Crippen LogP contribution in [-0.2, 0) is 11.2 Å². The second-order valence-electron chi connectivity index (χ2n) is 9.41. The lowest BCUT2D eigenvalue weighted by atomic mass is 9.53. The summed E-state index contributed by atoms with van der Waals surface area (Å²) in [6.07, 6.45) is 6.50. The third-order valence-corrected chi connectivity index (χ3v) is 8.33. The first kappa shape index (κ1) is 19.9. The number of aliphatic hydroxyl groups is 1. The summed E-state index contributed by atoms with van der Waals surface area (Å²) in [5.41, 5.74) is 1.20. The van der Waals surface area contributed by atoms with Gasteiger partial charge in [-0.05, 0) is 49.4 Å². The second-order valence-corrected chi connectivity index (χ2v) is 10.5. The average molecular weight is 404 g/mol. The molecule has 2 fully saturated rings. The topological polar surface area (TPSA) is 74.2 Å². The summed E-state index contributed by atoms with van der Waals surface area (Å²) >= 11 is 1.74. The van der Waals surface area contributed by atoms with Crippen molar-refractivity contribution in [2.75, 3.05) is 11.9 Å². The van der Waals surface area contributed by atoms with Gasteiger partial charge in [0, 0.05) is 29.3 Å². The molecule has 154 valence electrons. The number of nitrogens with one attached hydrogen (secondary N) is 2. The van der Waals surface area contributed by atoms with Gasteiger partial charge in [0.25, 0.3) is 0 Å². The van der Waals surface area contributed by atoms with E-state index in [2.05, 4.69) is 31.1 Å². The van der Waals surface area contributed by atoms with Crippen molar-refractivity contribution in [1.29, 1.82) is 0 Å². The number of hydrogen-bond acceptors (Lipinski definition) is 5. The van der Waals surface area contributed by atoms with Gasteiger partial charge >= 0.3 is 0 Å². The highest BCUT2D eigenvalue weighted by Crippen LogP contribution is 2.57. The molecule has 3 aliphatic carbocycles. The molecule has 6 heteroatoms. The molecule has 5 nitrogen and oxygen atoms in total. The molecular formula is C22H33N3O2S. The minimum Gasteiger partial charge on any atom is -0.392 e. The Morgan fingerprint density at radius 3 is 2.89 bits per heavy atom. The SMILES string of the molecule is C=CCNc1nc2c(s1)C[C@]1(C)CC[C@@H]([C@H](C)C(=O)NC3CC3)[C@H](O)[C@H]1[C@@H]2C. The maximum absolute atomic E-state index is 12.6. The first-order valence-corrected chi connectivity index (χ1v) is 11.5. The van der Waals surface area contributed by atoms with E-state index >= 15 is 0 Å². The first-order valence-electron chi connectivity index (χ1n) is 10.7. The van der Waals surface area contributed by atoms with Gasteiger partial charge in [-0.1, -0.05) is 26.8 Å². The lowest BCUT2D eigenvalue weighted by molar-refractivity contribution is -0.134. The van der Waals surface area contributed by atoms with Gasteiger partial charge in [0.2, 0.25) is 5.91 Å². The van der Waals surface area contributed by atoms with Crippen molar-refractivity contribution in [3.63, 3.8) is 0 Å². The summed E-state index contributed by atoms with van der Waals surface area (Å²) in [5.74, 6) is 0.334. The molecule has 28 heavy (non-hydrogen) atoms. The molecule has 1 heterocycles. The van der Waals surface area contributed by atoms with Crippen LogP contribution in [0.25, 0.3) is 0 Å². The highest BCUT2D eigenvalue weighted by atomic mass is 32.1. The van der Waals surface area contributed by atoms with E-state index in [1.807, 2.05) is 13.0 Å². The molecule has 6 atom stereocenters. The van der Waals surface area contributed by atoms with Crippen molar-refractivity contribution in [3.8, 4) is 0 Å². The predicted octanol–water partition coefficient (Wildman–Crippen LogP) is 3.71. The monoisotopic (exact) mass is 403 g/mol. The lowest BCUT2D eigenvalue weighted by Gasteiger charge is -2.53. The molecule has 0 aliphatic heterocycles. The van der Waals surface area contributed by atoms with E-state index in [1.165, 1.54) is 4.88 Å². The minimum atomic E-state index is -0.465. The molecule has 4 rings (SSSR count). The molecule has 0 bridgehead atoms. The Kier molecular flexibility index (Phi) is 5.29. The Morgan fingerprint density at radius 1 is 1.46 bits per heavy atom. The molecule has 2 saturated carbocycles. The molecule has 3 aliphatic rings. The quantitative estimate of drug-likeness (QED) is 0.633. The standard InChI is InChI=1S/C22H33N3O2S/c1-5-10-23-21-25-18-13(3)17-19(26)15(12(2)20(27)24-14-6-7-14)8-9-22(17,4)11-16(18)28-21/h5,12-15,17,19,26H,1,6-11H2,2-4H3,(H,23,25)(H,24,27)/t12-,13-,15-,17+,19-,22-/m0/s1. The van der Waals surface area contributed by atoms with Crippen LogP contribution in [0, 0.1) is 23.2 Å². The normalized spacial score (nSPS) is 35.4.